The monoisotopic (exact) mass is 293 g/mol. The molecule has 0 unspecified atom stereocenters. The minimum atomic E-state index is -1.29. The number of aryl methyl sites for hydroxylation is 1. The summed E-state index contributed by atoms with van der Waals surface area (Å²) in [5.74, 6) is 4.78. The topological polar surface area (TPSA) is 47.6 Å². The SMILES string of the molecule is Cc1cc(C#CC2=CC=CC2)c2c(c1)C1(OCCO1)C(=O)N2. The van der Waals surface area contributed by atoms with Crippen molar-refractivity contribution in [2.24, 2.45) is 0 Å². The molecular formula is C18H15NO3. The second-order valence-electron chi connectivity index (χ2n) is 5.58. The maximum absolute atomic E-state index is 12.3. The summed E-state index contributed by atoms with van der Waals surface area (Å²) in [6.45, 7) is 2.81. The Hall–Kier alpha value is -2.35. The van der Waals surface area contributed by atoms with Crippen LogP contribution in [0.2, 0.25) is 0 Å². The van der Waals surface area contributed by atoms with E-state index >= 15 is 0 Å². The first-order chi connectivity index (χ1) is 10.7. The number of benzene rings is 1. The fraction of sp³-hybridized carbons (Fsp3) is 0.278. The van der Waals surface area contributed by atoms with Crippen LogP contribution in [-0.4, -0.2) is 19.1 Å². The first-order valence-electron chi connectivity index (χ1n) is 7.31. The van der Waals surface area contributed by atoms with Gasteiger partial charge in [-0.05, 0) is 31.0 Å². The summed E-state index contributed by atoms with van der Waals surface area (Å²) in [6, 6.07) is 3.91. The number of carbonyl (C=O) groups is 1. The molecule has 1 aliphatic carbocycles. The van der Waals surface area contributed by atoms with E-state index in [4.69, 9.17) is 9.47 Å². The second-order valence-corrected chi connectivity index (χ2v) is 5.58. The van der Waals surface area contributed by atoms with E-state index in [0.29, 0.717) is 18.9 Å². The lowest BCUT2D eigenvalue weighted by atomic mass is 10.00. The number of nitrogens with one attached hydrogen (secondary N) is 1. The van der Waals surface area contributed by atoms with Gasteiger partial charge in [-0.15, -0.1) is 0 Å². The number of allylic oxidation sites excluding steroid dienone is 4. The van der Waals surface area contributed by atoms with Crippen molar-refractivity contribution in [1.29, 1.82) is 0 Å². The molecule has 0 bridgehead atoms. The zero-order valence-electron chi connectivity index (χ0n) is 12.2. The third-order valence-corrected chi connectivity index (χ3v) is 4.00. The summed E-state index contributed by atoms with van der Waals surface area (Å²) < 4.78 is 11.2. The van der Waals surface area contributed by atoms with Gasteiger partial charge in [0.1, 0.15) is 0 Å². The van der Waals surface area contributed by atoms with Crippen LogP contribution in [-0.2, 0) is 20.1 Å². The van der Waals surface area contributed by atoms with Crippen LogP contribution >= 0.6 is 0 Å². The summed E-state index contributed by atoms with van der Waals surface area (Å²) in [7, 11) is 0. The van der Waals surface area contributed by atoms with E-state index in [2.05, 4.69) is 23.2 Å². The maximum atomic E-state index is 12.3. The van der Waals surface area contributed by atoms with Crippen LogP contribution < -0.4 is 5.32 Å². The zero-order chi connectivity index (χ0) is 15.2. The van der Waals surface area contributed by atoms with Crippen molar-refractivity contribution in [3.8, 4) is 11.8 Å². The van der Waals surface area contributed by atoms with Crippen molar-refractivity contribution < 1.29 is 14.3 Å². The van der Waals surface area contributed by atoms with Gasteiger partial charge in [0, 0.05) is 16.7 Å². The lowest BCUT2D eigenvalue weighted by Gasteiger charge is -2.19. The quantitative estimate of drug-likeness (QED) is 0.747. The second kappa shape index (κ2) is 4.84. The molecule has 0 aromatic heterocycles. The zero-order valence-corrected chi connectivity index (χ0v) is 12.2. The molecule has 2 aliphatic heterocycles. The van der Waals surface area contributed by atoms with Crippen LogP contribution in [0.1, 0.15) is 23.1 Å². The average Bonchev–Trinajstić information content (AvgIpc) is 3.22. The molecule has 4 rings (SSSR count). The van der Waals surface area contributed by atoms with Crippen molar-refractivity contribution in [2.75, 3.05) is 18.5 Å². The van der Waals surface area contributed by atoms with Gasteiger partial charge in [0.15, 0.2) is 0 Å². The predicted octanol–water partition coefficient (Wildman–Crippen LogP) is 2.38. The Bertz CT molecular complexity index is 787. The van der Waals surface area contributed by atoms with Gasteiger partial charge in [0.2, 0.25) is 0 Å². The molecule has 1 aromatic rings. The van der Waals surface area contributed by atoms with E-state index in [9.17, 15) is 4.79 Å². The van der Waals surface area contributed by atoms with Gasteiger partial charge in [-0.25, -0.2) is 0 Å². The normalized spacial score (nSPS) is 20.6. The molecule has 2 heterocycles. The van der Waals surface area contributed by atoms with E-state index < -0.39 is 5.79 Å². The number of anilines is 1. The predicted molar refractivity (Wildman–Crippen MR) is 82.1 cm³/mol. The Labute approximate surface area is 128 Å². The van der Waals surface area contributed by atoms with E-state index in [0.717, 1.165) is 28.7 Å². The highest BCUT2D eigenvalue weighted by Crippen LogP contribution is 2.44. The smallest absolute Gasteiger partial charge is 0.289 e. The fourth-order valence-electron chi connectivity index (χ4n) is 2.98. The van der Waals surface area contributed by atoms with Crippen molar-refractivity contribution in [1.82, 2.24) is 0 Å². The summed E-state index contributed by atoms with van der Waals surface area (Å²) in [5, 5.41) is 2.87. The van der Waals surface area contributed by atoms with Gasteiger partial charge in [0.05, 0.1) is 18.9 Å². The van der Waals surface area contributed by atoms with E-state index in [1.54, 1.807) is 0 Å². The lowest BCUT2D eigenvalue weighted by Crippen LogP contribution is -2.35. The molecule has 1 fully saturated rings. The highest BCUT2D eigenvalue weighted by Gasteiger charge is 2.53. The number of carbonyl (C=O) groups excluding carboxylic acids is 1. The Morgan fingerprint density at radius 2 is 2.05 bits per heavy atom. The molecule has 0 atom stereocenters. The van der Waals surface area contributed by atoms with Gasteiger partial charge in [-0.3, -0.25) is 4.79 Å². The highest BCUT2D eigenvalue weighted by atomic mass is 16.7. The molecule has 3 aliphatic rings. The lowest BCUT2D eigenvalue weighted by molar-refractivity contribution is -0.178. The molecule has 0 radical (unpaired) electrons. The molecule has 0 saturated carbocycles. The third kappa shape index (κ3) is 1.91. The molecule has 4 heteroatoms. The number of fused-ring (bicyclic) bond motifs is 2. The number of amides is 1. The number of rotatable bonds is 0. The summed E-state index contributed by atoms with van der Waals surface area (Å²) in [4.78, 5) is 12.3. The van der Waals surface area contributed by atoms with Crippen LogP contribution in [0.25, 0.3) is 0 Å². The van der Waals surface area contributed by atoms with Gasteiger partial charge in [0.25, 0.3) is 11.7 Å². The number of hydrogen-bond donors (Lipinski definition) is 1. The Kier molecular flexibility index (Phi) is 2.93. The standard InChI is InChI=1S/C18H15NO3/c1-12-10-14(7-6-13-4-2-3-5-13)16-15(11-12)18(17(20)19-16)21-8-9-22-18/h2-4,10-11H,5,8-9H2,1H3,(H,19,20). The summed E-state index contributed by atoms with van der Waals surface area (Å²) in [6.07, 6.45) is 6.94. The van der Waals surface area contributed by atoms with Gasteiger partial charge in [-0.2, -0.15) is 0 Å². The van der Waals surface area contributed by atoms with Crippen LogP contribution in [0.3, 0.4) is 0 Å². The van der Waals surface area contributed by atoms with Crippen LogP contribution in [0, 0.1) is 18.8 Å². The molecule has 1 spiro atoms. The first kappa shape index (κ1) is 13.3. The van der Waals surface area contributed by atoms with Crippen molar-refractivity contribution in [3.05, 3.63) is 52.6 Å². The van der Waals surface area contributed by atoms with E-state index in [-0.39, 0.29) is 5.91 Å². The van der Waals surface area contributed by atoms with Gasteiger partial charge in [-0.1, -0.05) is 30.1 Å². The molecular weight excluding hydrogens is 278 g/mol. The Morgan fingerprint density at radius 3 is 2.77 bits per heavy atom. The molecule has 22 heavy (non-hydrogen) atoms. The van der Waals surface area contributed by atoms with Crippen molar-refractivity contribution in [3.63, 3.8) is 0 Å². The minimum Gasteiger partial charge on any atom is -0.336 e. The van der Waals surface area contributed by atoms with Crippen molar-refractivity contribution in [2.45, 2.75) is 19.1 Å². The molecule has 1 N–H and O–H groups in total. The molecule has 110 valence electrons. The maximum Gasteiger partial charge on any atom is 0.289 e. The largest absolute Gasteiger partial charge is 0.336 e. The molecule has 4 nitrogen and oxygen atoms in total. The molecule has 1 aromatic carbocycles. The highest BCUT2D eigenvalue weighted by molar-refractivity contribution is 6.05. The summed E-state index contributed by atoms with van der Waals surface area (Å²) in [5.41, 5.74) is 4.33. The molecule has 1 saturated heterocycles. The first-order valence-corrected chi connectivity index (χ1v) is 7.31. The third-order valence-electron chi connectivity index (χ3n) is 4.00. The van der Waals surface area contributed by atoms with E-state index in [1.807, 2.05) is 31.2 Å². The average molecular weight is 293 g/mol. The minimum absolute atomic E-state index is 0.268. The summed E-state index contributed by atoms with van der Waals surface area (Å²) >= 11 is 0. The number of hydrogen-bond acceptors (Lipinski definition) is 3. The van der Waals surface area contributed by atoms with Crippen LogP contribution in [0.15, 0.2) is 35.9 Å². The van der Waals surface area contributed by atoms with Gasteiger partial charge < -0.3 is 14.8 Å². The Morgan fingerprint density at radius 1 is 1.23 bits per heavy atom. The van der Waals surface area contributed by atoms with Gasteiger partial charge >= 0.3 is 0 Å². The molecule has 1 amide bonds. The fourth-order valence-corrected chi connectivity index (χ4v) is 2.98. The van der Waals surface area contributed by atoms with Crippen LogP contribution in [0.5, 0.6) is 0 Å². The Balaban J connectivity index is 1.81. The van der Waals surface area contributed by atoms with Crippen molar-refractivity contribution >= 4 is 11.6 Å². The number of ether oxygens (including phenoxy) is 2. The van der Waals surface area contributed by atoms with Crippen LogP contribution in [0.4, 0.5) is 5.69 Å². The van der Waals surface area contributed by atoms with E-state index in [1.165, 1.54) is 0 Å².